The largest absolute Gasteiger partial charge is 0.496 e. The monoisotopic (exact) mass is 311 g/mol. The summed E-state index contributed by atoms with van der Waals surface area (Å²) in [7, 11) is 1.69. The molecule has 0 bridgehead atoms. The lowest BCUT2D eigenvalue weighted by Gasteiger charge is -2.13. The van der Waals surface area contributed by atoms with Crippen molar-refractivity contribution < 1.29 is 4.74 Å². The van der Waals surface area contributed by atoms with Crippen LogP contribution in [0.15, 0.2) is 12.4 Å². The van der Waals surface area contributed by atoms with Crippen LogP contribution in [0.25, 0.3) is 11.0 Å². The molecular formula is C17H21N5O. The van der Waals surface area contributed by atoms with E-state index >= 15 is 0 Å². The van der Waals surface area contributed by atoms with E-state index in [2.05, 4.69) is 32.6 Å². The summed E-state index contributed by atoms with van der Waals surface area (Å²) >= 11 is 0. The van der Waals surface area contributed by atoms with Crippen LogP contribution in [0, 0.1) is 27.7 Å². The van der Waals surface area contributed by atoms with Crippen molar-refractivity contribution in [3.05, 3.63) is 40.5 Å². The lowest BCUT2D eigenvalue weighted by molar-refractivity contribution is 0.406. The van der Waals surface area contributed by atoms with Gasteiger partial charge in [-0.3, -0.25) is 4.98 Å². The van der Waals surface area contributed by atoms with Gasteiger partial charge < -0.3 is 15.0 Å². The second-order valence-electron chi connectivity index (χ2n) is 5.85. The van der Waals surface area contributed by atoms with Gasteiger partial charge in [0.05, 0.1) is 25.0 Å². The molecule has 6 heteroatoms. The molecule has 0 saturated carbocycles. The van der Waals surface area contributed by atoms with E-state index in [9.17, 15) is 0 Å². The molecule has 0 spiro atoms. The summed E-state index contributed by atoms with van der Waals surface area (Å²) in [4.78, 5) is 13.2. The Bertz CT molecular complexity index is 898. The lowest BCUT2D eigenvalue weighted by Crippen LogP contribution is -2.07. The van der Waals surface area contributed by atoms with Gasteiger partial charge in [-0.25, -0.2) is 4.98 Å². The number of methoxy groups -OCH3 is 1. The highest BCUT2D eigenvalue weighted by Gasteiger charge is 2.15. The molecule has 0 aliphatic rings. The zero-order chi connectivity index (χ0) is 16.7. The van der Waals surface area contributed by atoms with Crippen LogP contribution in [-0.4, -0.2) is 26.6 Å². The fraction of sp³-hybridized carbons (Fsp3) is 0.353. The Labute approximate surface area is 135 Å². The SMILES string of the molecule is COc1c(C)cnc(Cn2cc(C)c3c(C)nc(N)nc32)c1C. The van der Waals surface area contributed by atoms with Crippen molar-refractivity contribution in [2.24, 2.45) is 0 Å². The second-order valence-corrected chi connectivity index (χ2v) is 5.85. The fourth-order valence-electron chi connectivity index (χ4n) is 3.12. The van der Waals surface area contributed by atoms with Gasteiger partial charge in [0.1, 0.15) is 11.4 Å². The minimum absolute atomic E-state index is 0.292. The van der Waals surface area contributed by atoms with Gasteiger partial charge in [0.2, 0.25) is 5.95 Å². The first-order chi connectivity index (χ1) is 10.9. The number of pyridine rings is 1. The van der Waals surface area contributed by atoms with Crippen LogP contribution in [0.1, 0.15) is 28.1 Å². The molecule has 6 nitrogen and oxygen atoms in total. The summed E-state index contributed by atoms with van der Waals surface area (Å²) in [5.74, 6) is 1.18. The average molecular weight is 311 g/mol. The topological polar surface area (TPSA) is 78.8 Å². The quantitative estimate of drug-likeness (QED) is 0.804. The van der Waals surface area contributed by atoms with E-state index in [1.165, 1.54) is 0 Å². The van der Waals surface area contributed by atoms with Crippen LogP contribution in [0.2, 0.25) is 0 Å². The van der Waals surface area contributed by atoms with E-state index < -0.39 is 0 Å². The van der Waals surface area contributed by atoms with Crippen LogP contribution in [0.5, 0.6) is 5.75 Å². The first-order valence-electron chi connectivity index (χ1n) is 7.51. The fourth-order valence-corrected chi connectivity index (χ4v) is 3.12. The number of hydrogen-bond acceptors (Lipinski definition) is 5. The smallest absolute Gasteiger partial charge is 0.222 e. The molecule has 0 fully saturated rings. The predicted molar refractivity (Wildman–Crippen MR) is 90.8 cm³/mol. The minimum Gasteiger partial charge on any atom is -0.496 e. The maximum absolute atomic E-state index is 5.82. The van der Waals surface area contributed by atoms with Crippen molar-refractivity contribution >= 4 is 17.0 Å². The number of aryl methyl sites for hydroxylation is 3. The van der Waals surface area contributed by atoms with Gasteiger partial charge in [-0.05, 0) is 33.3 Å². The van der Waals surface area contributed by atoms with Crippen molar-refractivity contribution in [3.8, 4) is 5.75 Å². The Morgan fingerprint density at radius 3 is 2.57 bits per heavy atom. The normalized spacial score (nSPS) is 11.2. The standard InChI is InChI=1S/C17H21N5O/c1-9-6-19-13(11(3)15(9)23-5)8-22-7-10(2)14-12(4)20-17(18)21-16(14)22/h6-7H,8H2,1-5H3,(H2,18,20,21). The highest BCUT2D eigenvalue weighted by Crippen LogP contribution is 2.27. The molecule has 0 unspecified atom stereocenters. The Morgan fingerprint density at radius 1 is 1.13 bits per heavy atom. The Kier molecular flexibility index (Phi) is 3.67. The maximum atomic E-state index is 5.82. The molecule has 23 heavy (non-hydrogen) atoms. The zero-order valence-corrected chi connectivity index (χ0v) is 14.1. The third-order valence-corrected chi connectivity index (χ3v) is 4.17. The number of fused-ring (bicyclic) bond motifs is 1. The third kappa shape index (κ3) is 2.50. The highest BCUT2D eigenvalue weighted by molar-refractivity contribution is 5.83. The first-order valence-corrected chi connectivity index (χ1v) is 7.51. The Morgan fingerprint density at radius 2 is 1.87 bits per heavy atom. The van der Waals surface area contributed by atoms with Gasteiger partial charge in [-0.1, -0.05) is 0 Å². The molecular weight excluding hydrogens is 290 g/mol. The molecule has 0 aliphatic carbocycles. The van der Waals surface area contributed by atoms with Crippen LogP contribution in [-0.2, 0) is 6.54 Å². The van der Waals surface area contributed by atoms with E-state index in [1.54, 1.807) is 7.11 Å². The van der Waals surface area contributed by atoms with Gasteiger partial charge in [-0.2, -0.15) is 4.98 Å². The Hall–Kier alpha value is -2.63. The molecule has 0 aromatic carbocycles. The molecule has 3 heterocycles. The number of rotatable bonds is 3. The highest BCUT2D eigenvalue weighted by atomic mass is 16.5. The van der Waals surface area contributed by atoms with Crippen LogP contribution in [0.4, 0.5) is 5.95 Å². The first kappa shape index (κ1) is 15.3. The molecule has 120 valence electrons. The average Bonchev–Trinajstić information content (AvgIpc) is 2.79. The van der Waals surface area contributed by atoms with Gasteiger partial charge in [-0.15, -0.1) is 0 Å². The molecule has 0 atom stereocenters. The van der Waals surface area contributed by atoms with E-state index in [4.69, 9.17) is 10.5 Å². The van der Waals surface area contributed by atoms with Gasteiger partial charge in [0, 0.05) is 28.9 Å². The van der Waals surface area contributed by atoms with Crippen LogP contribution in [0.3, 0.4) is 0 Å². The van der Waals surface area contributed by atoms with Gasteiger partial charge in [0.15, 0.2) is 0 Å². The number of ether oxygens (including phenoxy) is 1. The number of aromatic nitrogens is 4. The summed E-state index contributed by atoms with van der Waals surface area (Å²) < 4.78 is 7.56. The number of nitrogen functional groups attached to an aromatic ring is 1. The second kappa shape index (κ2) is 5.53. The predicted octanol–water partition coefficient (Wildman–Crippen LogP) is 2.70. The van der Waals surface area contributed by atoms with E-state index in [-0.39, 0.29) is 0 Å². The Balaban J connectivity index is 2.13. The molecule has 0 amide bonds. The molecule has 0 saturated heterocycles. The molecule has 3 aromatic rings. The summed E-state index contributed by atoms with van der Waals surface area (Å²) in [6.45, 7) is 8.65. The lowest BCUT2D eigenvalue weighted by atomic mass is 10.1. The summed E-state index contributed by atoms with van der Waals surface area (Å²) in [6.07, 6.45) is 3.91. The van der Waals surface area contributed by atoms with Crippen molar-refractivity contribution in [2.45, 2.75) is 34.2 Å². The molecule has 3 aromatic heterocycles. The number of nitrogens with two attached hydrogens (primary N) is 1. The van der Waals surface area contributed by atoms with Gasteiger partial charge in [0.25, 0.3) is 0 Å². The molecule has 2 N–H and O–H groups in total. The number of nitrogens with zero attached hydrogens (tertiary/aromatic N) is 4. The zero-order valence-electron chi connectivity index (χ0n) is 14.1. The van der Waals surface area contributed by atoms with E-state index in [0.29, 0.717) is 12.5 Å². The van der Waals surface area contributed by atoms with Crippen molar-refractivity contribution in [1.29, 1.82) is 0 Å². The number of anilines is 1. The molecule has 0 radical (unpaired) electrons. The van der Waals surface area contributed by atoms with Crippen LogP contribution >= 0.6 is 0 Å². The van der Waals surface area contributed by atoms with Crippen molar-refractivity contribution in [3.63, 3.8) is 0 Å². The summed E-state index contributed by atoms with van der Waals surface area (Å²) in [5, 5.41) is 1.05. The molecule has 0 aliphatic heterocycles. The summed E-state index contributed by atoms with van der Waals surface area (Å²) in [6, 6.07) is 0. The maximum Gasteiger partial charge on any atom is 0.222 e. The van der Waals surface area contributed by atoms with Crippen LogP contribution < -0.4 is 10.5 Å². The van der Waals surface area contributed by atoms with E-state index in [1.807, 2.05) is 27.0 Å². The number of hydrogen-bond donors (Lipinski definition) is 1. The van der Waals surface area contributed by atoms with Gasteiger partial charge >= 0.3 is 0 Å². The van der Waals surface area contributed by atoms with E-state index in [0.717, 1.165) is 44.9 Å². The summed E-state index contributed by atoms with van der Waals surface area (Å²) in [5.41, 5.74) is 11.7. The minimum atomic E-state index is 0.292. The van der Waals surface area contributed by atoms with Crippen molar-refractivity contribution in [1.82, 2.24) is 19.5 Å². The molecule has 3 rings (SSSR count). The van der Waals surface area contributed by atoms with Crippen molar-refractivity contribution in [2.75, 3.05) is 12.8 Å². The third-order valence-electron chi connectivity index (χ3n) is 4.17.